The third-order valence-electron chi connectivity index (χ3n) is 2.82. The number of carbonyl (C=O) groups is 2. The van der Waals surface area contributed by atoms with Crippen molar-refractivity contribution in [1.82, 2.24) is 5.32 Å². The first-order chi connectivity index (χ1) is 8.97. The van der Waals surface area contributed by atoms with Crippen molar-refractivity contribution >= 4 is 33.6 Å². The molecule has 1 unspecified atom stereocenters. The van der Waals surface area contributed by atoms with Crippen LogP contribution in [0.3, 0.4) is 0 Å². The zero-order valence-corrected chi connectivity index (χ0v) is 11.4. The molecular formula is C12H12BrFN2O3. The number of urea groups is 1. The molecule has 0 bridgehead atoms. The molecule has 0 saturated heterocycles. The van der Waals surface area contributed by atoms with Crippen molar-refractivity contribution in [1.29, 1.82) is 0 Å². The van der Waals surface area contributed by atoms with Gasteiger partial charge >= 0.3 is 12.0 Å². The van der Waals surface area contributed by atoms with Gasteiger partial charge in [-0.05, 0) is 52.9 Å². The molecule has 2 rings (SSSR count). The molecule has 1 aliphatic carbocycles. The molecular weight excluding hydrogens is 319 g/mol. The second-order valence-corrected chi connectivity index (χ2v) is 5.24. The van der Waals surface area contributed by atoms with E-state index < -0.39 is 23.9 Å². The van der Waals surface area contributed by atoms with Crippen molar-refractivity contribution < 1.29 is 19.1 Å². The number of hydrogen-bond acceptors (Lipinski definition) is 2. The number of halogens is 2. The summed E-state index contributed by atoms with van der Waals surface area (Å²) in [6.07, 6.45) is 1.59. The van der Waals surface area contributed by atoms with Crippen LogP contribution in [0.5, 0.6) is 0 Å². The van der Waals surface area contributed by atoms with Gasteiger partial charge in [-0.15, -0.1) is 0 Å². The smallest absolute Gasteiger partial charge is 0.326 e. The van der Waals surface area contributed by atoms with Crippen LogP contribution >= 0.6 is 15.9 Å². The van der Waals surface area contributed by atoms with Crippen molar-refractivity contribution in [2.75, 3.05) is 5.32 Å². The Labute approximate surface area is 117 Å². The van der Waals surface area contributed by atoms with E-state index in [4.69, 9.17) is 5.11 Å². The molecule has 1 aromatic carbocycles. The van der Waals surface area contributed by atoms with E-state index in [9.17, 15) is 14.0 Å². The van der Waals surface area contributed by atoms with E-state index in [0.29, 0.717) is 4.47 Å². The van der Waals surface area contributed by atoms with Gasteiger partial charge in [-0.3, -0.25) is 0 Å². The van der Waals surface area contributed by atoms with Gasteiger partial charge in [-0.1, -0.05) is 0 Å². The number of benzene rings is 1. The average molecular weight is 331 g/mol. The lowest BCUT2D eigenvalue weighted by molar-refractivity contribution is -0.139. The highest BCUT2D eigenvalue weighted by Crippen LogP contribution is 2.32. The zero-order chi connectivity index (χ0) is 14.0. The zero-order valence-electron chi connectivity index (χ0n) is 9.82. The quantitative estimate of drug-likeness (QED) is 0.793. The Morgan fingerprint density at radius 3 is 2.63 bits per heavy atom. The van der Waals surface area contributed by atoms with Crippen LogP contribution in [-0.4, -0.2) is 23.1 Å². The highest BCUT2D eigenvalue weighted by Gasteiger charge is 2.37. The molecule has 102 valence electrons. The van der Waals surface area contributed by atoms with Crippen LogP contribution in [0, 0.1) is 11.7 Å². The molecule has 5 nitrogen and oxygen atoms in total. The Kier molecular flexibility index (Phi) is 4.04. The Hall–Kier alpha value is -1.63. The van der Waals surface area contributed by atoms with Gasteiger partial charge in [0.2, 0.25) is 0 Å². The van der Waals surface area contributed by atoms with Gasteiger partial charge in [-0.25, -0.2) is 14.0 Å². The standard InChI is InChI=1S/C12H12BrFN2O3/c13-8-4-3-7(5-9(8)14)15-12(19)16-10(11(17)18)6-1-2-6/h3-6,10H,1-2H2,(H,17,18)(H2,15,16,19). The molecule has 0 heterocycles. The number of hydrogen-bond donors (Lipinski definition) is 3. The van der Waals surface area contributed by atoms with Crippen LogP contribution in [-0.2, 0) is 4.79 Å². The van der Waals surface area contributed by atoms with Crippen molar-refractivity contribution in [3.05, 3.63) is 28.5 Å². The monoisotopic (exact) mass is 330 g/mol. The molecule has 1 atom stereocenters. The normalized spacial score (nSPS) is 15.7. The number of amides is 2. The molecule has 1 saturated carbocycles. The van der Waals surface area contributed by atoms with Gasteiger partial charge in [0.05, 0.1) is 4.47 Å². The average Bonchev–Trinajstić information content (AvgIpc) is 3.14. The fourth-order valence-corrected chi connectivity index (χ4v) is 1.94. The maximum absolute atomic E-state index is 13.2. The Balaban J connectivity index is 1.96. The highest BCUT2D eigenvalue weighted by atomic mass is 79.9. The van der Waals surface area contributed by atoms with E-state index >= 15 is 0 Å². The molecule has 1 aromatic rings. The van der Waals surface area contributed by atoms with Crippen LogP contribution in [0.25, 0.3) is 0 Å². The summed E-state index contributed by atoms with van der Waals surface area (Å²) < 4.78 is 13.5. The number of anilines is 1. The van der Waals surface area contributed by atoms with Gasteiger partial charge < -0.3 is 15.7 Å². The Morgan fingerprint density at radius 1 is 1.42 bits per heavy atom. The van der Waals surface area contributed by atoms with Crippen LogP contribution in [0.1, 0.15) is 12.8 Å². The van der Waals surface area contributed by atoms with Crippen LogP contribution in [0.4, 0.5) is 14.9 Å². The van der Waals surface area contributed by atoms with Crippen LogP contribution < -0.4 is 10.6 Å². The predicted octanol–water partition coefficient (Wildman–Crippen LogP) is 2.57. The van der Waals surface area contributed by atoms with Gasteiger partial charge in [0.1, 0.15) is 11.9 Å². The van der Waals surface area contributed by atoms with Crippen molar-refractivity contribution in [2.24, 2.45) is 5.92 Å². The molecule has 0 radical (unpaired) electrons. The molecule has 3 N–H and O–H groups in total. The molecule has 1 fully saturated rings. The van der Waals surface area contributed by atoms with Gasteiger partial charge in [0, 0.05) is 5.69 Å². The fraction of sp³-hybridized carbons (Fsp3) is 0.333. The minimum absolute atomic E-state index is 0.00935. The molecule has 19 heavy (non-hydrogen) atoms. The third-order valence-corrected chi connectivity index (χ3v) is 3.47. The number of nitrogens with one attached hydrogen (secondary N) is 2. The summed E-state index contributed by atoms with van der Waals surface area (Å²) in [5.74, 6) is -1.57. The molecule has 0 aliphatic heterocycles. The second-order valence-electron chi connectivity index (χ2n) is 4.38. The minimum Gasteiger partial charge on any atom is -0.480 e. The summed E-state index contributed by atoms with van der Waals surface area (Å²) in [4.78, 5) is 22.6. The molecule has 7 heteroatoms. The lowest BCUT2D eigenvalue weighted by Crippen LogP contribution is -2.44. The summed E-state index contributed by atoms with van der Waals surface area (Å²) in [5.41, 5.74) is 0.262. The first-order valence-corrected chi connectivity index (χ1v) is 6.52. The third kappa shape index (κ3) is 3.66. The Bertz CT molecular complexity index is 520. The van der Waals surface area contributed by atoms with E-state index in [0.717, 1.165) is 18.9 Å². The highest BCUT2D eigenvalue weighted by molar-refractivity contribution is 9.10. The van der Waals surface area contributed by atoms with Crippen LogP contribution in [0.2, 0.25) is 0 Å². The van der Waals surface area contributed by atoms with Crippen molar-refractivity contribution in [3.63, 3.8) is 0 Å². The summed E-state index contributed by atoms with van der Waals surface area (Å²) in [6, 6.07) is 2.58. The van der Waals surface area contributed by atoms with Gasteiger partial charge in [0.15, 0.2) is 0 Å². The Morgan fingerprint density at radius 2 is 2.11 bits per heavy atom. The molecule has 0 spiro atoms. The first kappa shape index (κ1) is 13.8. The summed E-state index contributed by atoms with van der Waals surface area (Å²) in [5, 5.41) is 13.8. The van der Waals surface area contributed by atoms with E-state index in [-0.39, 0.29) is 11.6 Å². The van der Waals surface area contributed by atoms with Gasteiger partial charge in [-0.2, -0.15) is 0 Å². The van der Waals surface area contributed by atoms with E-state index in [2.05, 4.69) is 26.6 Å². The summed E-state index contributed by atoms with van der Waals surface area (Å²) >= 11 is 3.00. The lowest BCUT2D eigenvalue weighted by Gasteiger charge is -2.14. The molecule has 1 aliphatic rings. The maximum atomic E-state index is 13.2. The number of carboxylic acid groups (broad SMARTS) is 1. The number of aliphatic carboxylic acids is 1. The molecule has 2 amide bonds. The second kappa shape index (κ2) is 5.56. The van der Waals surface area contributed by atoms with Crippen molar-refractivity contribution in [2.45, 2.75) is 18.9 Å². The topological polar surface area (TPSA) is 78.4 Å². The summed E-state index contributed by atoms with van der Waals surface area (Å²) in [6.45, 7) is 0. The maximum Gasteiger partial charge on any atom is 0.326 e. The minimum atomic E-state index is -1.06. The number of carboxylic acids is 1. The summed E-state index contributed by atoms with van der Waals surface area (Å²) in [7, 11) is 0. The van der Waals surface area contributed by atoms with E-state index in [1.807, 2.05) is 0 Å². The predicted molar refractivity (Wildman–Crippen MR) is 70.4 cm³/mol. The SMILES string of the molecule is O=C(Nc1ccc(Br)c(F)c1)NC(C(=O)O)C1CC1. The fourth-order valence-electron chi connectivity index (χ4n) is 1.69. The largest absolute Gasteiger partial charge is 0.480 e. The van der Waals surface area contributed by atoms with E-state index in [1.54, 1.807) is 0 Å². The van der Waals surface area contributed by atoms with Crippen LogP contribution in [0.15, 0.2) is 22.7 Å². The first-order valence-electron chi connectivity index (χ1n) is 5.73. The van der Waals surface area contributed by atoms with E-state index in [1.165, 1.54) is 12.1 Å². The molecule has 0 aromatic heterocycles. The van der Waals surface area contributed by atoms with Crippen molar-refractivity contribution in [3.8, 4) is 0 Å². The number of carbonyl (C=O) groups excluding carboxylic acids is 1. The lowest BCUT2D eigenvalue weighted by atomic mass is 10.2. The van der Waals surface area contributed by atoms with Gasteiger partial charge in [0.25, 0.3) is 0 Å². The number of rotatable bonds is 4.